The molecule has 0 N–H and O–H groups in total. The minimum atomic E-state index is 1.20. The Morgan fingerprint density at radius 1 is 0.941 bits per heavy atom. The Labute approximate surface area is 104 Å². The Morgan fingerprint density at radius 3 is 2.12 bits per heavy atom. The van der Waals surface area contributed by atoms with Crippen molar-refractivity contribution in [3.8, 4) is 11.1 Å². The largest absolute Gasteiger partial charge is 0.0984 e. The van der Waals surface area contributed by atoms with Crippen molar-refractivity contribution in [2.24, 2.45) is 0 Å². The first-order valence-corrected chi connectivity index (χ1v) is 5.93. The Bertz CT molecular complexity index is 539. The summed E-state index contributed by atoms with van der Waals surface area (Å²) in [6.07, 6.45) is 1.92. The van der Waals surface area contributed by atoms with E-state index in [0.717, 1.165) is 0 Å². The van der Waals surface area contributed by atoms with Crippen LogP contribution in [0.1, 0.15) is 22.3 Å². The van der Waals surface area contributed by atoms with Crippen molar-refractivity contribution >= 4 is 6.08 Å². The molecular weight excluding hydrogens is 204 g/mol. The van der Waals surface area contributed by atoms with E-state index in [4.69, 9.17) is 0 Å². The highest BCUT2D eigenvalue weighted by Gasteiger charge is 2.08. The van der Waals surface area contributed by atoms with Gasteiger partial charge >= 0.3 is 0 Å². The lowest BCUT2D eigenvalue weighted by atomic mass is 9.91. The second-order valence-electron chi connectivity index (χ2n) is 4.57. The molecule has 0 bridgehead atoms. The third-order valence-electron chi connectivity index (χ3n) is 3.13. The molecule has 0 heteroatoms. The van der Waals surface area contributed by atoms with Gasteiger partial charge in [0.05, 0.1) is 0 Å². The summed E-state index contributed by atoms with van der Waals surface area (Å²) in [6.45, 7) is 10.4. The summed E-state index contributed by atoms with van der Waals surface area (Å²) in [7, 11) is 0. The zero-order valence-electron chi connectivity index (χ0n) is 10.7. The van der Waals surface area contributed by atoms with Gasteiger partial charge in [0.25, 0.3) is 0 Å². The number of hydrogen-bond donors (Lipinski definition) is 0. The van der Waals surface area contributed by atoms with Crippen molar-refractivity contribution in [2.45, 2.75) is 20.8 Å². The maximum atomic E-state index is 3.89. The van der Waals surface area contributed by atoms with E-state index >= 15 is 0 Å². The molecule has 0 saturated carbocycles. The molecule has 2 aromatic rings. The van der Waals surface area contributed by atoms with Crippen LogP contribution in [0.25, 0.3) is 17.2 Å². The van der Waals surface area contributed by atoms with E-state index in [1.54, 1.807) is 0 Å². The maximum Gasteiger partial charge on any atom is -0.0106 e. The Balaban J connectivity index is 2.72. The van der Waals surface area contributed by atoms with Crippen molar-refractivity contribution in [3.63, 3.8) is 0 Å². The average molecular weight is 222 g/mol. The first-order valence-electron chi connectivity index (χ1n) is 5.93. The molecule has 0 nitrogen and oxygen atoms in total. The van der Waals surface area contributed by atoms with E-state index in [1.807, 2.05) is 6.08 Å². The molecule has 0 aliphatic rings. The highest BCUT2D eigenvalue weighted by atomic mass is 14.1. The molecule has 0 fully saturated rings. The van der Waals surface area contributed by atoms with Crippen LogP contribution in [0.15, 0.2) is 43.0 Å². The molecule has 17 heavy (non-hydrogen) atoms. The van der Waals surface area contributed by atoms with Gasteiger partial charge < -0.3 is 0 Å². The van der Waals surface area contributed by atoms with Crippen molar-refractivity contribution < 1.29 is 0 Å². The van der Waals surface area contributed by atoms with Gasteiger partial charge in [0.2, 0.25) is 0 Å². The van der Waals surface area contributed by atoms with Crippen LogP contribution in [-0.2, 0) is 0 Å². The van der Waals surface area contributed by atoms with Crippen LogP contribution in [0.4, 0.5) is 0 Å². The standard InChI is InChI=1S/C17H18/c1-5-15-8-6-7-9-16(15)17-13(3)10-12(2)11-14(17)4/h5-11H,1H2,2-4H3. The quantitative estimate of drug-likeness (QED) is 0.676. The van der Waals surface area contributed by atoms with E-state index < -0.39 is 0 Å². The smallest absolute Gasteiger partial charge is 0.0106 e. The van der Waals surface area contributed by atoms with E-state index in [1.165, 1.54) is 33.4 Å². The highest BCUT2D eigenvalue weighted by Crippen LogP contribution is 2.31. The van der Waals surface area contributed by atoms with E-state index in [9.17, 15) is 0 Å². The van der Waals surface area contributed by atoms with Crippen LogP contribution < -0.4 is 0 Å². The fraction of sp³-hybridized carbons (Fsp3) is 0.176. The molecular formula is C17H18. The lowest BCUT2D eigenvalue weighted by Gasteiger charge is -2.14. The monoisotopic (exact) mass is 222 g/mol. The lowest BCUT2D eigenvalue weighted by molar-refractivity contribution is 1.32. The molecule has 0 aliphatic carbocycles. The number of rotatable bonds is 2. The average Bonchev–Trinajstić information content (AvgIpc) is 2.28. The molecule has 0 heterocycles. The second kappa shape index (κ2) is 4.58. The maximum absolute atomic E-state index is 3.89. The summed E-state index contributed by atoms with van der Waals surface area (Å²) >= 11 is 0. The topological polar surface area (TPSA) is 0 Å². The van der Waals surface area contributed by atoms with E-state index in [0.29, 0.717) is 0 Å². The minimum Gasteiger partial charge on any atom is -0.0984 e. The molecule has 86 valence electrons. The van der Waals surface area contributed by atoms with Crippen molar-refractivity contribution in [2.75, 3.05) is 0 Å². The van der Waals surface area contributed by atoms with Gasteiger partial charge in [-0.3, -0.25) is 0 Å². The first kappa shape index (κ1) is 11.7. The van der Waals surface area contributed by atoms with Crippen LogP contribution in [0.2, 0.25) is 0 Å². The highest BCUT2D eigenvalue weighted by molar-refractivity contribution is 5.79. The van der Waals surface area contributed by atoms with Crippen LogP contribution in [0.5, 0.6) is 0 Å². The molecule has 2 rings (SSSR count). The van der Waals surface area contributed by atoms with E-state index in [-0.39, 0.29) is 0 Å². The molecule has 0 aliphatic heterocycles. The summed E-state index contributed by atoms with van der Waals surface area (Å²) in [5.74, 6) is 0. The summed E-state index contributed by atoms with van der Waals surface area (Å²) in [4.78, 5) is 0. The number of hydrogen-bond acceptors (Lipinski definition) is 0. The van der Waals surface area contributed by atoms with Gasteiger partial charge in [-0.1, -0.05) is 54.6 Å². The Morgan fingerprint density at radius 2 is 1.53 bits per heavy atom. The lowest BCUT2D eigenvalue weighted by Crippen LogP contribution is -1.92. The SMILES string of the molecule is C=Cc1ccccc1-c1c(C)cc(C)cc1C. The van der Waals surface area contributed by atoms with Crippen molar-refractivity contribution in [1.82, 2.24) is 0 Å². The predicted octanol–water partition coefficient (Wildman–Crippen LogP) is 4.92. The number of benzene rings is 2. The molecule has 0 saturated heterocycles. The fourth-order valence-corrected chi connectivity index (χ4v) is 2.51. The second-order valence-corrected chi connectivity index (χ2v) is 4.57. The van der Waals surface area contributed by atoms with E-state index in [2.05, 4.69) is 63.7 Å². The Hall–Kier alpha value is -1.82. The molecule has 0 atom stereocenters. The molecule has 0 amide bonds. The van der Waals surface area contributed by atoms with Crippen molar-refractivity contribution in [1.29, 1.82) is 0 Å². The molecule has 0 unspecified atom stereocenters. The van der Waals surface area contributed by atoms with Crippen LogP contribution in [-0.4, -0.2) is 0 Å². The van der Waals surface area contributed by atoms with Crippen molar-refractivity contribution in [3.05, 3.63) is 65.2 Å². The van der Waals surface area contributed by atoms with Gasteiger partial charge in [0.1, 0.15) is 0 Å². The summed E-state index contributed by atoms with van der Waals surface area (Å²) < 4.78 is 0. The molecule has 0 radical (unpaired) electrons. The van der Waals surface area contributed by atoms with Gasteiger partial charge in [0, 0.05) is 0 Å². The summed E-state index contributed by atoms with van der Waals surface area (Å²) in [6, 6.07) is 12.9. The third kappa shape index (κ3) is 2.16. The zero-order valence-corrected chi connectivity index (χ0v) is 10.7. The minimum absolute atomic E-state index is 1.20. The van der Waals surface area contributed by atoms with Gasteiger partial charge in [-0.15, -0.1) is 0 Å². The van der Waals surface area contributed by atoms with Gasteiger partial charge in [0.15, 0.2) is 0 Å². The van der Waals surface area contributed by atoms with Crippen LogP contribution >= 0.6 is 0 Å². The normalized spacial score (nSPS) is 10.3. The Kier molecular flexibility index (Phi) is 3.14. The number of aryl methyl sites for hydroxylation is 3. The van der Waals surface area contributed by atoms with Gasteiger partial charge in [-0.25, -0.2) is 0 Å². The fourth-order valence-electron chi connectivity index (χ4n) is 2.51. The molecule has 2 aromatic carbocycles. The van der Waals surface area contributed by atoms with Crippen LogP contribution in [0, 0.1) is 20.8 Å². The third-order valence-corrected chi connectivity index (χ3v) is 3.13. The molecule has 0 spiro atoms. The zero-order chi connectivity index (χ0) is 12.4. The predicted molar refractivity (Wildman–Crippen MR) is 76.2 cm³/mol. The molecule has 0 aromatic heterocycles. The summed E-state index contributed by atoms with van der Waals surface area (Å²) in [5.41, 5.74) is 7.79. The van der Waals surface area contributed by atoms with Gasteiger partial charge in [-0.05, 0) is 48.6 Å². The van der Waals surface area contributed by atoms with Gasteiger partial charge in [-0.2, -0.15) is 0 Å². The first-order chi connectivity index (χ1) is 8.13. The van der Waals surface area contributed by atoms with Crippen LogP contribution in [0.3, 0.4) is 0 Å². The summed E-state index contributed by atoms with van der Waals surface area (Å²) in [5, 5.41) is 0.